The predicted molar refractivity (Wildman–Crippen MR) is 94.3 cm³/mol. The van der Waals surface area contributed by atoms with E-state index in [1.807, 2.05) is 0 Å². The highest BCUT2D eigenvalue weighted by molar-refractivity contribution is 14.0. The van der Waals surface area contributed by atoms with Crippen LogP contribution in [0.4, 0.5) is 0 Å². The highest BCUT2D eigenvalue weighted by Gasteiger charge is 2.14. The van der Waals surface area contributed by atoms with Gasteiger partial charge in [0.1, 0.15) is 0 Å². The molecule has 0 heterocycles. The number of likely N-dealkylation sites (N-methyl/N-ethyl adjacent to an activating group) is 1. The van der Waals surface area contributed by atoms with E-state index in [0.29, 0.717) is 18.0 Å². The number of guanidine groups is 1. The Bertz CT molecular complexity index is 248. The molecule has 0 saturated heterocycles. The Labute approximate surface area is 135 Å². The van der Waals surface area contributed by atoms with Gasteiger partial charge in [-0.05, 0) is 32.9 Å². The Morgan fingerprint density at radius 3 is 2.37 bits per heavy atom. The van der Waals surface area contributed by atoms with Crippen LogP contribution in [-0.2, 0) is 0 Å². The first kappa shape index (κ1) is 19.0. The number of nitrogens with two attached hydrogens (primary N) is 1. The smallest absolute Gasteiger partial charge is 0.188 e. The van der Waals surface area contributed by atoms with Crippen molar-refractivity contribution in [1.82, 2.24) is 10.2 Å². The Hall–Kier alpha value is -0.0400. The summed E-state index contributed by atoms with van der Waals surface area (Å²) in [7, 11) is 0. The number of rotatable bonds is 6. The zero-order valence-corrected chi connectivity index (χ0v) is 15.0. The third kappa shape index (κ3) is 7.34. The molecule has 0 spiro atoms. The molecule has 0 aliphatic heterocycles. The van der Waals surface area contributed by atoms with Crippen molar-refractivity contribution in [3.8, 4) is 0 Å². The largest absolute Gasteiger partial charge is 0.370 e. The molecule has 1 atom stereocenters. The van der Waals surface area contributed by atoms with Crippen molar-refractivity contribution < 1.29 is 0 Å². The third-order valence-corrected chi connectivity index (χ3v) is 3.92. The van der Waals surface area contributed by atoms with Crippen molar-refractivity contribution in [2.24, 2.45) is 10.7 Å². The van der Waals surface area contributed by atoms with Crippen LogP contribution < -0.4 is 11.1 Å². The molecule has 0 amide bonds. The second kappa shape index (κ2) is 10.7. The van der Waals surface area contributed by atoms with Gasteiger partial charge in [0.15, 0.2) is 5.96 Å². The molecule has 1 aliphatic rings. The van der Waals surface area contributed by atoms with Gasteiger partial charge >= 0.3 is 0 Å². The normalized spacial score (nSPS) is 19.1. The first-order valence-electron chi connectivity index (χ1n) is 7.47. The van der Waals surface area contributed by atoms with Gasteiger partial charge in [-0.25, -0.2) is 0 Å². The molecule has 114 valence electrons. The molecule has 1 saturated carbocycles. The third-order valence-electron chi connectivity index (χ3n) is 3.92. The Balaban J connectivity index is 0.00000324. The maximum absolute atomic E-state index is 5.96. The SMILES string of the molecule is CCN(CC)C(C)CN=C(N)NC1CCCCC1.I. The standard InChI is InChI=1S/C14H30N4.HI/c1-4-18(5-2)12(3)11-16-14(15)17-13-9-7-6-8-10-13;/h12-13H,4-11H2,1-3H3,(H3,15,16,17);1H. The molecular formula is C14H31IN4. The average molecular weight is 382 g/mol. The van der Waals surface area contributed by atoms with Crippen molar-refractivity contribution in [1.29, 1.82) is 0 Å². The molecule has 1 aliphatic carbocycles. The predicted octanol–water partition coefficient (Wildman–Crippen LogP) is 2.57. The van der Waals surface area contributed by atoms with Crippen LogP contribution in [0.5, 0.6) is 0 Å². The molecule has 0 aromatic heterocycles. The summed E-state index contributed by atoms with van der Waals surface area (Å²) in [5, 5.41) is 3.36. The summed E-state index contributed by atoms with van der Waals surface area (Å²) in [5.41, 5.74) is 5.96. The molecule has 1 rings (SSSR count). The summed E-state index contributed by atoms with van der Waals surface area (Å²) in [6.45, 7) is 9.52. The maximum atomic E-state index is 5.96. The minimum atomic E-state index is 0. The van der Waals surface area contributed by atoms with Gasteiger partial charge in [0.25, 0.3) is 0 Å². The molecule has 1 unspecified atom stereocenters. The van der Waals surface area contributed by atoms with E-state index in [4.69, 9.17) is 5.73 Å². The van der Waals surface area contributed by atoms with Crippen LogP contribution in [0.25, 0.3) is 0 Å². The molecular weight excluding hydrogens is 351 g/mol. The molecule has 0 aromatic rings. The van der Waals surface area contributed by atoms with Crippen LogP contribution in [0.3, 0.4) is 0 Å². The van der Waals surface area contributed by atoms with Gasteiger partial charge in [0.05, 0.1) is 6.54 Å². The lowest BCUT2D eigenvalue weighted by molar-refractivity contribution is 0.237. The van der Waals surface area contributed by atoms with Crippen LogP contribution in [0.2, 0.25) is 0 Å². The van der Waals surface area contributed by atoms with Crippen LogP contribution in [0, 0.1) is 0 Å². The first-order valence-corrected chi connectivity index (χ1v) is 7.47. The minimum Gasteiger partial charge on any atom is -0.370 e. The Morgan fingerprint density at radius 1 is 1.26 bits per heavy atom. The van der Waals surface area contributed by atoms with E-state index in [1.54, 1.807) is 0 Å². The maximum Gasteiger partial charge on any atom is 0.188 e. The molecule has 0 bridgehead atoms. The zero-order valence-electron chi connectivity index (χ0n) is 12.7. The van der Waals surface area contributed by atoms with E-state index < -0.39 is 0 Å². The number of nitrogens with zero attached hydrogens (tertiary/aromatic N) is 2. The van der Waals surface area contributed by atoms with E-state index >= 15 is 0 Å². The topological polar surface area (TPSA) is 53.6 Å². The summed E-state index contributed by atoms with van der Waals surface area (Å²) in [6, 6.07) is 1.01. The van der Waals surface area contributed by atoms with Crippen molar-refractivity contribution >= 4 is 29.9 Å². The lowest BCUT2D eigenvalue weighted by Crippen LogP contribution is -2.42. The fraction of sp³-hybridized carbons (Fsp3) is 0.929. The van der Waals surface area contributed by atoms with Crippen molar-refractivity contribution in [3.63, 3.8) is 0 Å². The highest BCUT2D eigenvalue weighted by Crippen LogP contribution is 2.16. The van der Waals surface area contributed by atoms with Gasteiger partial charge in [-0.2, -0.15) is 0 Å². The van der Waals surface area contributed by atoms with Crippen molar-refractivity contribution in [2.75, 3.05) is 19.6 Å². The minimum absolute atomic E-state index is 0. The molecule has 0 radical (unpaired) electrons. The fourth-order valence-corrected chi connectivity index (χ4v) is 2.69. The van der Waals surface area contributed by atoms with Gasteiger partial charge in [0.2, 0.25) is 0 Å². The Morgan fingerprint density at radius 2 is 1.84 bits per heavy atom. The van der Waals surface area contributed by atoms with E-state index in [0.717, 1.165) is 19.6 Å². The lowest BCUT2D eigenvalue weighted by atomic mass is 9.96. The molecule has 1 fully saturated rings. The van der Waals surface area contributed by atoms with Gasteiger partial charge in [-0.1, -0.05) is 33.1 Å². The summed E-state index contributed by atoms with van der Waals surface area (Å²) in [6.07, 6.45) is 6.49. The second-order valence-electron chi connectivity index (χ2n) is 5.28. The van der Waals surface area contributed by atoms with Crippen molar-refractivity contribution in [2.45, 2.75) is 65.0 Å². The molecule has 5 heteroatoms. The molecule has 4 nitrogen and oxygen atoms in total. The summed E-state index contributed by atoms with van der Waals surface area (Å²) >= 11 is 0. The highest BCUT2D eigenvalue weighted by atomic mass is 127. The molecule has 0 aromatic carbocycles. The average Bonchev–Trinajstić information content (AvgIpc) is 2.39. The van der Waals surface area contributed by atoms with Gasteiger partial charge < -0.3 is 11.1 Å². The van der Waals surface area contributed by atoms with Gasteiger partial charge in [0, 0.05) is 12.1 Å². The number of halogens is 1. The van der Waals surface area contributed by atoms with E-state index in [9.17, 15) is 0 Å². The first-order chi connectivity index (χ1) is 8.67. The fourth-order valence-electron chi connectivity index (χ4n) is 2.69. The van der Waals surface area contributed by atoms with Crippen LogP contribution in [0.15, 0.2) is 4.99 Å². The van der Waals surface area contributed by atoms with E-state index in [-0.39, 0.29) is 24.0 Å². The second-order valence-corrected chi connectivity index (χ2v) is 5.28. The number of nitrogens with one attached hydrogen (secondary N) is 1. The van der Waals surface area contributed by atoms with Crippen LogP contribution >= 0.6 is 24.0 Å². The molecule has 3 N–H and O–H groups in total. The van der Waals surface area contributed by atoms with Gasteiger partial charge in [-0.15, -0.1) is 24.0 Å². The van der Waals surface area contributed by atoms with E-state index in [2.05, 4.69) is 36.0 Å². The number of hydrogen-bond acceptors (Lipinski definition) is 2. The molecule has 19 heavy (non-hydrogen) atoms. The number of hydrogen-bond donors (Lipinski definition) is 2. The monoisotopic (exact) mass is 382 g/mol. The van der Waals surface area contributed by atoms with Gasteiger partial charge in [-0.3, -0.25) is 9.89 Å². The summed E-state index contributed by atoms with van der Waals surface area (Å²) in [4.78, 5) is 6.88. The Kier molecular flexibility index (Phi) is 10.7. The summed E-state index contributed by atoms with van der Waals surface area (Å²) < 4.78 is 0. The zero-order chi connectivity index (χ0) is 13.4. The summed E-state index contributed by atoms with van der Waals surface area (Å²) in [5.74, 6) is 0.626. The van der Waals surface area contributed by atoms with Crippen LogP contribution in [-0.4, -0.2) is 42.6 Å². The van der Waals surface area contributed by atoms with E-state index in [1.165, 1.54) is 32.1 Å². The van der Waals surface area contributed by atoms with Crippen LogP contribution in [0.1, 0.15) is 52.9 Å². The quantitative estimate of drug-likeness (QED) is 0.422. The lowest BCUT2D eigenvalue weighted by Gasteiger charge is -2.26. The van der Waals surface area contributed by atoms with Crippen molar-refractivity contribution in [3.05, 3.63) is 0 Å². The number of aliphatic imine (C=N–C) groups is 1.